The van der Waals surface area contributed by atoms with Gasteiger partial charge in [-0.05, 0) is 28.4 Å². The third kappa shape index (κ3) is 1.57. The van der Waals surface area contributed by atoms with Gasteiger partial charge in [0.25, 0.3) is 0 Å². The number of aryl methyl sites for hydroxylation is 1. The normalized spacial score (nSPS) is 10.5. The first-order valence-corrected chi connectivity index (χ1v) is 5.24. The molecule has 2 nitrogen and oxygen atoms in total. The lowest BCUT2D eigenvalue weighted by Crippen LogP contribution is -1.82. The van der Waals surface area contributed by atoms with E-state index in [0.29, 0.717) is 15.4 Å². The lowest BCUT2D eigenvalue weighted by molar-refractivity contribution is 0.402. The summed E-state index contributed by atoms with van der Waals surface area (Å²) in [5.74, 6) is 0. The van der Waals surface area contributed by atoms with E-state index in [1.54, 1.807) is 0 Å². The van der Waals surface area contributed by atoms with Crippen LogP contribution in [0, 0.1) is 6.92 Å². The summed E-state index contributed by atoms with van der Waals surface area (Å²) >= 11 is 9.19. The zero-order valence-electron chi connectivity index (χ0n) is 7.42. The van der Waals surface area contributed by atoms with Crippen molar-refractivity contribution in [3.8, 4) is 11.3 Å². The molecular formula is C10H7BrClNO. The Morgan fingerprint density at radius 2 is 2.07 bits per heavy atom. The summed E-state index contributed by atoms with van der Waals surface area (Å²) in [6, 6.07) is 7.89. The van der Waals surface area contributed by atoms with Gasteiger partial charge in [0.15, 0.2) is 0 Å². The fraction of sp³-hybridized carbons (Fsp3) is 0.100. The second kappa shape index (κ2) is 3.75. The number of benzene rings is 1. The van der Waals surface area contributed by atoms with E-state index in [2.05, 4.69) is 21.1 Å². The number of rotatable bonds is 1. The minimum absolute atomic E-state index is 0.470. The first-order chi connectivity index (χ1) is 6.70. The van der Waals surface area contributed by atoms with Crippen LogP contribution in [-0.4, -0.2) is 5.16 Å². The minimum atomic E-state index is 0.470. The monoisotopic (exact) mass is 271 g/mol. The number of hydrogen-bond acceptors (Lipinski definition) is 2. The number of aromatic nitrogens is 1. The summed E-state index contributed by atoms with van der Waals surface area (Å²) < 4.78 is 5.41. The molecular weight excluding hydrogens is 265 g/mol. The van der Waals surface area contributed by atoms with Crippen LogP contribution in [0.4, 0.5) is 0 Å². The van der Waals surface area contributed by atoms with E-state index in [1.807, 2.05) is 31.2 Å². The van der Waals surface area contributed by atoms with Gasteiger partial charge < -0.3 is 4.52 Å². The van der Waals surface area contributed by atoms with Crippen molar-refractivity contribution in [2.24, 2.45) is 0 Å². The molecule has 0 spiro atoms. The highest BCUT2D eigenvalue weighted by atomic mass is 79.9. The maximum atomic E-state index is 6.01. The molecule has 14 heavy (non-hydrogen) atoms. The van der Waals surface area contributed by atoms with Gasteiger partial charge in [-0.3, -0.25) is 0 Å². The molecule has 0 saturated carbocycles. The highest BCUT2D eigenvalue weighted by Crippen LogP contribution is 2.34. The van der Waals surface area contributed by atoms with Crippen LogP contribution in [0.15, 0.2) is 33.5 Å². The molecule has 1 heterocycles. The predicted octanol–water partition coefficient (Wildman–Crippen LogP) is 4.07. The van der Waals surface area contributed by atoms with E-state index >= 15 is 0 Å². The van der Waals surface area contributed by atoms with Crippen LogP contribution in [0.1, 0.15) is 5.56 Å². The summed E-state index contributed by atoms with van der Waals surface area (Å²) in [4.78, 5) is 0. The minimum Gasteiger partial charge on any atom is -0.347 e. The van der Waals surface area contributed by atoms with Crippen molar-refractivity contribution >= 4 is 27.5 Å². The Morgan fingerprint density at radius 3 is 2.64 bits per heavy atom. The molecule has 0 saturated heterocycles. The van der Waals surface area contributed by atoms with Gasteiger partial charge in [0.1, 0.15) is 10.7 Å². The van der Waals surface area contributed by atoms with Gasteiger partial charge in [0.05, 0.1) is 0 Å². The molecule has 4 heteroatoms. The molecule has 0 fully saturated rings. The molecule has 72 valence electrons. The average molecular weight is 273 g/mol. The van der Waals surface area contributed by atoms with Gasteiger partial charge in [0, 0.05) is 5.56 Å². The predicted molar refractivity (Wildman–Crippen MR) is 59.4 cm³/mol. The standard InChI is InChI=1S/C10H7BrClNO/c1-6-4-2-3-5-7(6)9-8(12)10(11)14-13-9/h2-5H,1H3. The first-order valence-electron chi connectivity index (χ1n) is 4.07. The molecule has 0 aliphatic heterocycles. The van der Waals surface area contributed by atoms with Crippen LogP contribution in [0.25, 0.3) is 11.3 Å². The lowest BCUT2D eigenvalue weighted by atomic mass is 10.1. The maximum Gasteiger partial charge on any atom is 0.221 e. The Kier molecular flexibility index (Phi) is 2.61. The highest BCUT2D eigenvalue weighted by molar-refractivity contribution is 9.10. The van der Waals surface area contributed by atoms with E-state index in [1.165, 1.54) is 0 Å². The lowest BCUT2D eigenvalue weighted by Gasteiger charge is -2.00. The van der Waals surface area contributed by atoms with Crippen LogP contribution >= 0.6 is 27.5 Å². The molecule has 0 atom stereocenters. The van der Waals surface area contributed by atoms with Crippen molar-refractivity contribution in [1.82, 2.24) is 5.16 Å². The van der Waals surface area contributed by atoms with Crippen LogP contribution in [0.5, 0.6) is 0 Å². The Labute approximate surface area is 95.0 Å². The number of halogens is 2. The van der Waals surface area contributed by atoms with E-state index in [4.69, 9.17) is 16.1 Å². The van der Waals surface area contributed by atoms with Crippen LogP contribution in [0.3, 0.4) is 0 Å². The molecule has 0 amide bonds. The summed E-state index contributed by atoms with van der Waals surface area (Å²) in [6.45, 7) is 2.01. The van der Waals surface area contributed by atoms with E-state index in [9.17, 15) is 0 Å². The Balaban J connectivity index is 2.60. The Hall–Kier alpha value is -0.800. The Morgan fingerprint density at radius 1 is 1.36 bits per heavy atom. The molecule has 0 bridgehead atoms. The molecule has 0 radical (unpaired) electrons. The smallest absolute Gasteiger partial charge is 0.221 e. The van der Waals surface area contributed by atoms with Crippen LogP contribution in [-0.2, 0) is 0 Å². The van der Waals surface area contributed by atoms with Gasteiger partial charge in [-0.25, -0.2) is 0 Å². The van der Waals surface area contributed by atoms with Crippen molar-refractivity contribution in [2.45, 2.75) is 6.92 Å². The van der Waals surface area contributed by atoms with Gasteiger partial charge in [0.2, 0.25) is 4.67 Å². The quantitative estimate of drug-likeness (QED) is 0.782. The fourth-order valence-corrected chi connectivity index (χ4v) is 1.70. The zero-order chi connectivity index (χ0) is 10.1. The molecule has 1 aromatic carbocycles. The van der Waals surface area contributed by atoms with Gasteiger partial charge >= 0.3 is 0 Å². The van der Waals surface area contributed by atoms with Gasteiger partial charge in [-0.15, -0.1) is 0 Å². The van der Waals surface area contributed by atoms with Crippen LogP contribution < -0.4 is 0 Å². The van der Waals surface area contributed by atoms with E-state index < -0.39 is 0 Å². The largest absolute Gasteiger partial charge is 0.347 e. The van der Waals surface area contributed by atoms with E-state index in [0.717, 1.165) is 11.1 Å². The average Bonchev–Trinajstić information content (AvgIpc) is 2.49. The van der Waals surface area contributed by atoms with Crippen molar-refractivity contribution in [1.29, 1.82) is 0 Å². The number of hydrogen-bond donors (Lipinski definition) is 0. The van der Waals surface area contributed by atoms with Crippen molar-refractivity contribution < 1.29 is 4.52 Å². The fourth-order valence-electron chi connectivity index (χ4n) is 1.26. The molecule has 2 rings (SSSR count). The highest BCUT2D eigenvalue weighted by Gasteiger charge is 2.14. The number of nitrogens with zero attached hydrogens (tertiary/aromatic N) is 1. The first kappa shape index (κ1) is 9.74. The van der Waals surface area contributed by atoms with Gasteiger partial charge in [-0.1, -0.05) is 41.0 Å². The summed E-state index contributed by atoms with van der Waals surface area (Å²) in [5.41, 5.74) is 2.79. The van der Waals surface area contributed by atoms with Crippen molar-refractivity contribution in [3.05, 3.63) is 39.5 Å². The summed E-state index contributed by atoms with van der Waals surface area (Å²) in [7, 11) is 0. The van der Waals surface area contributed by atoms with Crippen molar-refractivity contribution in [3.63, 3.8) is 0 Å². The second-order valence-corrected chi connectivity index (χ2v) is 4.03. The van der Waals surface area contributed by atoms with Crippen molar-refractivity contribution in [2.75, 3.05) is 0 Å². The third-order valence-corrected chi connectivity index (χ3v) is 3.12. The molecule has 0 N–H and O–H groups in total. The topological polar surface area (TPSA) is 26.0 Å². The third-order valence-electron chi connectivity index (χ3n) is 2.00. The molecule has 0 aliphatic carbocycles. The van der Waals surface area contributed by atoms with Gasteiger partial charge in [-0.2, -0.15) is 0 Å². The maximum absolute atomic E-state index is 6.01. The zero-order valence-corrected chi connectivity index (χ0v) is 9.76. The molecule has 1 aromatic heterocycles. The molecule has 0 unspecified atom stereocenters. The Bertz CT molecular complexity index is 467. The SMILES string of the molecule is Cc1ccccc1-c1noc(Br)c1Cl. The van der Waals surface area contributed by atoms with Crippen LogP contribution in [0.2, 0.25) is 5.02 Å². The summed E-state index contributed by atoms with van der Waals surface area (Å²) in [5, 5.41) is 4.41. The second-order valence-electron chi connectivity index (χ2n) is 2.93. The molecule has 0 aliphatic rings. The summed E-state index contributed by atoms with van der Waals surface area (Å²) in [6.07, 6.45) is 0. The molecule has 2 aromatic rings. The van der Waals surface area contributed by atoms with E-state index in [-0.39, 0.29) is 0 Å².